The lowest BCUT2D eigenvalue weighted by Crippen LogP contribution is -2.54. The summed E-state index contributed by atoms with van der Waals surface area (Å²) in [7, 11) is 0. The molecule has 1 aromatic rings. The van der Waals surface area contributed by atoms with Gasteiger partial charge in [0.1, 0.15) is 11.4 Å². The van der Waals surface area contributed by atoms with Gasteiger partial charge in [-0.2, -0.15) is 0 Å². The van der Waals surface area contributed by atoms with Gasteiger partial charge in [-0.25, -0.2) is 4.39 Å². The predicted molar refractivity (Wildman–Crippen MR) is 79.2 cm³/mol. The standard InChI is InChI=1S/C16H17ClFNO3/c17-12-3-1-4-13(18)11(12)9-15(21)19-7-6-16(14(20)10-19)5-2-8-22-16/h1,3-4H,2,5-10H2. The third kappa shape index (κ3) is 2.75. The van der Waals surface area contributed by atoms with Gasteiger partial charge in [-0.3, -0.25) is 9.59 Å². The van der Waals surface area contributed by atoms with E-state index >= 15 is 0 Å². The predicted octanol–water partition coefficient (Wildman–Crippen LogP) is 2.37. The van der Waals surface area contributed by atoms with E-state index in [1.54, 1.807) is 6.07 Å². The van der Waals surface area contributed by atoms with Gasteiger partial charge in [0, 0.05) is 30.2 Å². The van der Waals surface area contributed by atoms with Crippen molar-refractivity contribution < 1.29 is 18.7 Å². The molecule has 1 aromatic carbocycles. The fraction of sp³-hybridized carbons (Fsp3) is 0.500. The molecule has 3 rings (SSSR count). The van der Waals surface area contributed by atoms with Crippen molar-refractivity contribution in [1.82, 2.24) is 4.90 Å². The maximum absolute atomic E-state index is 13.8. The maximum Gasteiger partial charge on any atom is 0.227 e. The summed E-state index contributed by atoms with van der Waals surface area (Å²) in [5, 5.41) is 0.229. The van der Waals surface area contributed by atoms with Gasteiger partial charge in [0.05, 0.1) is 13.0 Å². The Hall–Kier alpha value is -1.46. The molecule has 2 aliphatic heterocycles. The van der Waals surface area contributed by atoms with Crippen molar-refractivity contribution in [3.05, 3.63) is 34.6 Å². The first kappa shape index (κ1) is 15.4. The van der Waals surface area contributed by atoms with Gasteiger partial charge in [0.25, 0.3) is 0 Å². The van der Waals surface area contributed by atoms with Crippen molar-refractivity contribution in [2.45, 2.75) is 31.3 Å². The van der Waals surface area contributed by atoms with Crippen LogP contribution < -0.4 is 0 Å². The molecule has 2 fully saturated rings. The summed E-state index contributed by atoms with van der Waals surface area (Å²) in [5.74, 6) is -0.836. The summed E-state index contributed by atoms with van der Waals surface area (Å²) < 4.78 is 19.4. The number of halogens is 2. The number of hydrogen-bond donors (Lipinski definition) is 0. The van der Waals surface area contributed by atoms with Crippen LogP contribution in [0.15, 0.2) is 18.2 Å². The fourth-order valence-corrected chi connectivity index (χ4v) is 3.37. The van der Waals surface area contributed by atoms with Crippen molar-refractivity contribution in [3.8, 4) is 0 Å². The second-order valence-corrected chi connectivity index (χ2v) is 6.22. The number of ether oxygens (including phenoxy) is 1. The molecule has 0 bridgehead atoms. The average Bonchev–Trinajstić information content (AvgIpc) is 2.96. The quantitative estimate of drug-likeness (QED) is 0.838. The number of carbonyl (C=O) groups excluding carboxylic acids is 2. The highest BCUT2D eigenvalue weighted by Crippen LogP contribution is 2.33. The minimum absolute atomic E-state index is 0.0326. The summed E-state index contributed by atoms with van der Waals surface area (Å²) in [6.45, 7) is 1.09. The highest BCUT2D eigenvalue weighted by atomic mass is 35.5. The Bertz CT molecular complexity index is 593. The minimum Gasteiger partial charge on any atom is -0.367 e. The Morgan fingerprint density at radius 1 is 1.41 bits per heavy atom. The Labute approximate surface area is 133 Å². The van der Waals surface area contributed by atoms with E-state index in [1.807, 2.05) is 0 Å². The van der Waals surface area contributed by atoms with Crippen LogP contribution in [-0.2, 0) is 20.7 Å². The molecule has 0 aromatic heterocycles. The van der Waals surface area contributed by atoms with Crippen molar-refractivity contribution in [3.63, 3.8) is 0 Å². The van der Waals surface area contributed by atoms with Crippen LogP contribution in [-0.4, -0.2) is 41.9 Å². The number of rotatable bonds is 2. The number of Topliss-reactive ketones (excluding diaryl/α,β-unsaturated/α-hetero) is 1. The van der Waals surface area contributed by atoms with Crippen molar-refractivity contribution in [1.29, 1.82) is 0 Å². The lowest BCUT2D eigenvalue weighted by molar-refractivity contribution is -0.152. The van der Waals surface area contributed by atoms with Crippen LogP contribution in [0.5, 0.6) is 0 Å². The van der Waals surface area contributed by atoms with Gasteiger partial charge in [0.2, 0.25) is 5.91 Å². The van der Waals surface area contributed by atoms with Crippen LogP contribution in [0, 0.1) is 5.82 Å². The van der Waals surface area contributed by atoms with Crippen LogP contribution in [0.4, 0.5) is 4.39 Å². The zero-order chi connectivity index (χ0) is 15.7. The van der Waals surface area contributed by atoms with Gasteiger partial charge in [-0.05, 0) is 25.0 Å². The van der Waals surface area contributed by atoms with E-state index in [-0.39, 0.29) is 35.2 Å². The number of piperidine rings is 1. The molecule has 0 radical (unpaired) electrons. The van der Waals surface area contributed by atoms with Crippen LogP contribution in [0.2, 0.25) is 5.02 Å². The molecule has 2 saturated heterocycles. The molecule has 1 unspecified atom stereocenters. The number of carbonyl (C=O) groups is 2. The summed E-state index contributed by atoms with van der Waals surface area (Å²) in [5.41, 5.74) is -0.508. The summed E-state index contributed by atoms with van der Waals surface area (Å²) in [6, 6.07) is 4.32. The largest absolute Gasteiger partial charge is 0.367 e. The number of amides is 1. The van der Waals surface area contributed by atoms with Crippen molar-refractivity contribution in [2.24, 2.45) is 0 Å². The molecule has 1 spiro atoms. The summed E-state index contributed by atoms with van der Waals surface area (Å²) in [6.07, 6.45) is 1.99. The topological polar surface area (TPSA) is 46.6 Å². The number of likely N-dealkylation sites (tertiary alicyclic amines) is 1. The third-order valence-corrected chi connectivity index (χ3v) is 4.83. The lowest BCUT2D eigenvalue weighted by atomic mass is 9.87. The first-order valence-corrected chi connectivity index (χ1v) is 7.77. The van der Waals surface area contributed by atoms with Gasteiger partial charge < -0.3 is 9.64 Å². The lowest BCUT2D eigenvalue weighted by Gasteiger charge is -2.37. The molecular formula is C16H17ClFNO3. The van der Waals surface area contributed by atoms with Gasteiger partial charge in [0.15, 0.2) is 5.78 Å². The Morgan fingerprint density at radius 2 is 2.23 bits per heavy atom. The second kappa shape index (κ2) is 5.97. The first-order valence-electron chi connectivity index (χ1n) is 7.40. The highest BCUT2D eigenvalue weighted by molar-refractivity contribution is 6.31. The molecule has 6 heteroatoms. The Morgan fingerprint density at radius 3 is 2.86 bits per heavy atom. The third-order valence-electron chi connectivity index (χ3n) is 4.47. The van der Waals surface area contributed by atoms with E-state index in [9.17, 15) is 14.0 Å². The summed E-state index contributed by atoms with van der Waals surface area (Å²) in [4.78, 5) is 26.1. The van der Waals surface area contributed by atoms with E-state index in [4.69, 9.17) is 16.3 Å². The Balaban J connectivity index is 1.68. The highest BCUT2D eigenvalue weighted by Gasteiger charge is 2.46. The van der Waals surface area contributed by atoms with E-state index < -0.39 is 11.4 Å². The number of hydrogen-bond acceptors (Lipinski definition) is 3. The van der Waals surface area contributed by atoms with E-state index in [0.717, 1.165) is 12.8 Å². The summed E-state index contributed by atoms with van der Waals surface area (Å²) >= 11 is 5.94. The minimum atomic E-state index is -0.688. The van der Waals surface area contributed by atoms with Crippen LogP contribution >= 0.6 is 11.6 Å². The first-order chi connectivity index (χ1) is 10.5. The van der Waals surface area contributed by atoms with Gasteiger partial charge >= 0.3 is 0 Å². The molecule has 0 aliphatic carbocycles. The molecule has 1 amide bonds. The number of benzene rings is 1. The molecule has 2 aliphatic rings. The van der Waals surface area contributed by atoms with E-state index in [0.29, 0.717) is 19.6 Å². The van der Waals surface area contributed by atoms with Crippen molar-refractivity contribution in [2.75, 3.05) is 19.7 Å². The van der Waals surface area contributed by atoms with Crippen molar-refractivity contribution >= 4 is 23.3 Å². The smallest absolute Gasteiger partial charge is 0.227 e. The fourth-order valence-electron chi connectivity index (χ4n) is 3.14. The van der Waals surface area contributed by atoms with E-state index in [1.165, 1.54) is 17.0 Å². The molecule has 2 heterocycles. The van der Waals surface area contributed by atoms with Crippen LogP contribution in [0.3, 0.4) is 0 Å². The molecule has 0 saturated carbocycles. The van der Waals surface area contributed by atoms with Crippen LogP contribution in [0.25, 0.3) is 0 Å². The molecule has 1 atom stereocenters. The Kier molecular flexibility index (Phi) is 4.19. The second-order valence-electron chi connectivity index (χ2n) is 5.81. The molecule has 0 N–H and O–H groups in total. The van der Waals surface area contributed by atoms with E-state index in [2.05, 4.69) is 0 Å². The normalized spacial score (nSPS) is 25.0. The maximum atomic E-state index is 13.8. The molecule has 22 heavy (non-hydrogen) atoms. The van der Waals surface area contributed by atoms with Gasteiger partial charge in [-0.15, -0.1) is 0 Å². The number of ketones is 1. The SMILES string of the molecule is O=C(Cc1c(F)cccc1Cl)N1CCC2(CCCO2)C(=O)C1. The number of nitrogens with zero attached hydrogens (tertiary/aromatic N) is 1. The molecule has 118 valence electrons. The average molecular weight is 326 g/mol. The zero-order valence-electron chi connectivity index (χ0n) is 12.1. The molecular weight excluding hydrogens is 309 g/mol. The zero-order valence-corrected chi connectivity index (χ0v) is 12.9. The van der Waals surface area contributed by atoms with Crippen LogP contribution in [0.1, 0.15) is 24.8 Å². The molecule has 4 nitrogen and oxygen atoms in total. The van der Waals surface area contributed by atoms with Gasteiger partial charge in [-0.1, -0.05) is 17.7 Å². The monoisotopic (exact) mass is 325 g/mol.